The minimum absolute atomic E-state index is 0.0845. The van der Waals surface area contributed by atoms with Gasteiger partial charge in [0.05, 0.1) is 5.69 Å². The Morgan fingerprint density at radius 3 is 2.57 bits per heavy atom. The molecule has 3 atom stereocenters. The van der Waals surface area contributed by atoms with E-state index in [0.717, 1.165) is 30.4 Å². The Kier molecular flexibility index (Phi) is 4.37. The van der Waals surface area contributed by atoms with Crippen LogP contribution in [0, 0.1) is 17.7 Å². The van der Waals surface area contributed by atoms with Crippen LogP contribution in [0.4, 0.5) is 15.8 Å². The molecule has 0 radical (unpaired) electrons. The molecule has 1 aromatic rings. The molecule has 1 N–H and O–H groups in total. The van der Waals surface area contributed by atoms with Gasteiger partial charge in [0.1, 0.15) is 5.82 Å². The molecule has 0 spiro atoms. The van der Waals surface area contributed by atoms with Crippen molar-refractivity contribution < 1.29 is 4.39 Å². The van der Waals surface area contributed by atoms with E-state index in [2.05, 4.69) is 24.1 Å². The maximum Gasteiger partial charge on any atom is 0.148 e. The Labute approximate surface area is 127 Å². The van der Waals surface area contributed by atoms with E-state index < -0.39 is 0 Å². The van der Waals surface area contributed by atoms with Crippen LogP contribution in [-0.2, 0) is 0 Å². The van der Waals surface area contributed by atoms with E-state index in [1.165, 1.54) is 32.1 Å². The third kappa shape index (κ3) is 3.33. The van der Waals surface area contributed by atoms with Crippen molar-refractivity contribution in [2.75, 3.05) is 23.3 Å². The van der Waals surface area contributed by atoms with Gasteiger partial charge in [0, 0.05) is 24.8 Å². The third-order valence-corrected chi connectivity index (χ3v) is 5.18. The number of anilines is 2. The summed E-state index contributed by atoms with van der Waals surface area (Å²) in [5.41, 5.74) is 1.70. The fourth-order valence-corrected chi connectivity index (χ4v) is 3.91. The summed E-state index contributed by atoms with van der Waals surface area (Å²) in [4.78, 5) is 2.16. The van der Waals surface area contributed by atoms with E-state index in [-0.39, 0.29) is 5.82 Å². The van der Waals surface area contributed by atoms with Crippen molar-refractivity contribution in [2.24, 2.45) is 11.8 Å². The number of rotatable bonds is 3. The topological polar surface area (TPSA) is 15.3 Å². The van der Waals surface area contributed by atoms with Gasteiger partial charge in [-0.05, 0) is 62.1 Å². The molecule has 3 rings (SSSR count). The second kappa shape index (κ2) is 6.25. The monoisotopic (exact) mass is 290 g/mol. The highest BCUT2D eigenvalue weighted by Gasteiger charge is 2.25. The van der Waals surface area contributed by atoms with Crippen molar-refractivity contribution in [1.82, 2.24) is 0 Å². The quantitative estimate of drug-likeness (QED) is 0.870. The van der Waals surface area contributed by atoms with E-state index in [1.54, 1.807) is 6.07 Å². The standard InChI is InChI=1S/C18H27FN2/c1-13-5-7-17(14(2)11-13)20-15-6-8-18(16(19)12-15)21-9-3-4-10-21/h6,8,12-14,17,20H,3-5,7,9-11H2,1-2H3. The minimum Gasteiger partial charge on any atom is -0.382 e. The number of hydrogen-bond acceptors (Lipinski definition) is 2. The molecule has 2 nitrogen and oxygen atoms in total. The van der Waals surface area contributed by atoms with Crippen LogP contribution in [0.5, 0.6) is 0 Å². The number of nitrogens with zero attached hydrogens (tertiary/aromatic N) is 1. The highest BCUT2D eigenvalue weighted by atomic mass is 19.1. The maximum absolute atomic E-state index is 14.3. The predicted molar refractivity (Wildman–Crippen MR) is 87.4 cm³/mol. The van der Waals surface area contributed by atoms with Crippen molar-refractivity contribution in [2.45, 2.75) is 52.0 Å². The van der Waals surface area contributed by atoms with Gasteiger partial charge in [0.25, 0.3) is 0 Å². The Morgan fingerprint density at radius 1 is 1.14 bits per heavy atom. The van der Waals surface area contributed by atoms with Crippen LogP contribution >= 0.6 is 0 Å². The highest BCUT2D eigenvalue weighted by molar-refractivity contribution is 5.57. The Bertz CT molecular complexity index is 482. The zero-order valence-corrected chi connectivity index (χ0v) is 13.2. The van der Waals surface area contributed by atoms with Gasteiger partial charge in [-0.25, -0.2) is 4.39 Å². The molecule has 0 bridgehead atoms. The first-order chi connectivity index (χ1) is 10.1. The van der Waals surface area contributed by atoms with Gasteiger partial charge in [-0.1, -0.05) is 13.8 Å². The normalized spacial score (nSPS) is 29.7. The number of benzene rings is 1. The van der Waals surface area contributed by atoms with Crippen LogP contribution in [0.2, 0.25) is 0 Å². The lowest BCUT2D eigenvalue weighted by Crippen LogP contribution is -2.33. The Hall–Kier alpha value is -1.25. The zero-order valence-electron chi connectivity index (χ0n) is 13.2. The summed E-state index contributed by atoms with van der Waals surface area (Å²) in [6.07, 6.45) is 6.09. The van der Waals surface area contributed by atoms with E-state index in [1.807, 2.05) is 12.1 Å². The molecule has 2 fully saturated rings. The summed E-state index contributed by atoms with van der Waals surface area (Å²) in [6.45, 7) is 6.61. The molecule has 1 saturated carbocycles. The first-order valence-corrected chi connectivity index (χ1v) is 8.44. The second-order valence-corrected chi connectivity index (χ2v) is 7.01. The van der Waals surface area contributed by atoms with Gasteiger partial charge >= 0.3 is 0 Å². The molecule has 1 heterocycles. The van der Waals surface area contributed by atoms with Crippen molar-refractivity contribution >= 4 is 11.4 Å². The molecule has 3 heteroatoms. The highest BCUT2D eigenvalue weighted by Crippen LogP contribution is 2.32. The van der Waals surface area contributed by atoms with Gasteiger partial charge < -0.3 is 10.2 Å². The molecular formula is C18H27FN2. The molecule has 3 unspecified atom stereocenters. The fraction of sp³-hybridized carbons (Fsp3) is 0.667. The molecule has 116 valence electrons. The minimum atomic E-state index is -0.0845. The summed E-state index contributed by atoms with van der Waals surface area (Å²) in [5, 5.41) is 3.55. The molecule has 21 heavy (non-hydrogen) atoms. The van der Waals surface area contributed by atoms with Crippen molar-refractivity contribution in [1.29, 1.82) is 0 Å². The Morgan fingerprint density at radius 2 is 1.90 bits per heavy atom. The molecule has 1 saturated heterocycles. The Balaban J connectivity index is 1.67. The van der Waals surface area contributed by atoms with Crippen LogP contribution in [0.15, 0.2) is 18.2 Å². The SMILES string of the molecule is CC1CCC(Nc2ccc(N3CCCC3)c(F)c2)C(C)C1. The molecule has 0 amide bonds. The van der Waals surface area contributed by atoms with Crippen molar-refractivity contribution in [3.8, 4) is 0 Å². The lowest BCUT2D eigenvalue weighted by molar-refractivity contribution is 0.276. The fourth-order valence-electron chi connectivity index (χ4n) is 3.91. The number of hydrogen-bond donors (Lipinski definition) is 1. The van der Waals surface area contributed by atoms with Gasteiger partial charge in [0.15, 0.2) is 0 Å². The maximum atomic E-state index is 14.3. The van der Waals surface area contributed by atoms with Crippen LogP contribution in [0.25, 0.3) is 0 Å². The largest absolute Gasteiger partial charge is 0.382 e. The first-order valence-electron chi connectivity index (χ1n) is 8.44. The summed E-state index contributed by atoms with van der Waals surface area (Å²) in [7, 11) is 0. The number of nitrogens with one attached hydrogen (secondary N) is 1. The van der Waals surface area contributed by atoms with Crippen LogP contribution in [0.1, 0.15) is 46.0 Å². The molecule has 1 aliphatic heterocycles. The summed E-state index contributed by atoms with van der Waals surface area (Å²) in [5.74, 6) is 1.40. The van der Waals surface area contributed by atoms with Gasteiger partial charge in [0.2, 0.25) is 0 Å². The summed E-state index contributed by atoms with van der Waals surface area (Å²) < 4.78 is 14.3. The number of halogens is 1. The van der Waals surface area contributed by atoms with Crippen molar-refractivity contribution in [3.05, 3.63) is 24.0 Å². The predicted octanol–water partition coefficient (Wildman–Crippen LogP) is 4.66. The molecule has 1 aliphatic carbocycles. The lowest BCUT2D eigenvalue weighted by atomic mass is 9.80. The average molecular weight is 290 g/mol. The summed E-state index contributed by atoms with van der Waals surface area (Å²) >= 11 is 0. The van der Waals surface area contributed by atoms with E-state index in [9.17, 15) is 4.39 Å². The van der Waals surface area contributed by atoms with Crippen LogP contribution in [0.3, 0.4) is 0 Å². The zero-order chi connectivity index (χ0) is 14.8. The lowest BCUT2D eigenvalue weighted by Gasteiger charge is -2.34. The second-order valence-electron chi connectivity index (χ2n) is 7.01. The van der Waals surface area contributed by atoms with E-state index in [0.29, 0.717) is 12.0 Å². The first kappa shape index (κ1) is 14.7. The van der Waals surface area contributed by atoms with Crippen molar-refractivity contribution in [3.63, 3.8) is 0 Å². The van der Waals surface area contributed by atoms with Crippen LogP contribution < -0.4 is 10.2 Å². The smallest absolute Gasteiger partial charge is 0.148 e. The average Bonchev–Trinajstić information content (AvgIpc) is 2.96. The third-order valence-electron chi connectivity index (χ3n) is 5.18. The molecule has 1 aromatic carbocycles. The van der Waals surface area contributed by atoms with Gasteiger partial charge in [-0.2, -0.15) is 0 Å². The van der Waals surface area contributed by atoms with E-state index >= 15 is 0 Å². The summed E-state index contributed by atoms with van der Waals surface area (Å²) in [6, 6.07) is 6.15. The van der Waals surface area contributed by atoms with Gasteiger partial charge in [-0.3, -0.25) is 0 Å². The molecular weight excluding hydrogens is 263 g/mol. The van der Waals surface area contributed by atoms with Gasteiger partial charge in [-0.15, -0.1) is 0 Å². The molecule has 0 aromatic heterocycles. The van der Waals surface area contributed by atoms with E-state index in [4.69, 9.17) is 0 Å². The van der Waals surface area contributed by atoms with Crippen LogP contribution in [-0.4, -0.2) is 19.1 Å². The molecule has 2 aliphatic rings.